The van der Waals surface area contributed by atoms with E-state index in [0.717, 1.165) is 19.4 Å². The fourth-order valence-electron chi connectivity index (χ4n) is 1.17. The molecular formula is C11H23NO4. The summed E-state index contributed by atoms with van der Waals surface area (Å²) in [5.74, 6) is -0.623. The average Bonchev–Trinajstić information content (AvgIpc) is 2.26. The van der Waals surface area contributed by atoms with Crippen molar-refractivity contribution in [1.82, 2.24) is 5.32 Å². The third-order valence-corrected chi connectivity index (χ3v) is 2.09. The molecule has 1 atom stereocenters. The van der Waals surface area contributed by atoms with E-state index in [1.54, 1.807) is 0 Å². The van der Waals surface area contributed by atoms with E-state index in [-0.39, 0.29) is 6.54 Å². The highest BCUT2D eigenvalue weighted by Gasteiger charge is 2.30. The van der Waals surface area contributed by atoms with Crippen LogP contribution in [0.15, 0.2) is 0 Å². The van der Waals surface area contributed by atoms with Crippen LogP contribution in [-0.4, -0.2) is 50.1 Å². The standard InChI is InChI=1S/C11H23NO4/c1-4-7-16-8-5-6-12-9-11(2,14)10(13)15-3/h12,14H,4-9H2,1-3H3. The van der Waals surface area contributed by atoms with E-state index in [9.17, 15) is 9.90 Å². The van der Waals surface area contributed by atoms with Crippen LogP contribution < -0.4 is 5.32 Å². The molecule has 96 valence electrons. The van der Waals surface area contributed by atoms with Gasteiger partial charge in [-0.1, -0.05) is 6.92 Å². The van der Waals surface area contributed by atoms with Crippen LogP contribution in [0.25, 0.3) is 0 Å². The van der Waals surface area contributed by atoms with Crippen molar-refractivity contribution >= 4 is 5.97 Å². The van der Waals surface area contributed by atoms with Gasteiger partial charge in [0.2, 0.25) is 0 Å². The zero-order valence-electron chi connectivity index (χ0n) is 10.4. The topological polar surface area (TPSA) is 67.8 Å². The van der Waals surface area contributed by atoms with Gasteiger partial charge in [0, 0.05) is 19.8 Å². The van der Waals surface area contributed by atoms with E-state index in [4.69, 9.17) is 4.74 Å². The molecule has 0 fully saturated rings. The minimum absolute atomic E-state index is 0.188. The highest BCUT2D eigenvalue weighted by molar-refractivity contribution is 5.78. The fraction of sp³-hybridized carbons (Fsp3) is 0.909. The van der Waals surface area contributed by atoms with E-state index < -0.39 is 11.6 Å². The molecule has 5 heteroatoms. The molecule has 0 aromatic carbocycles. The van der Waals surface area contributed by atoms with Gasteiger partial charge < -0.3 is 19.9 Å². The van der Waals surface area contributed by atoms with Crippen LogP contribution >= 0.6 is 0 Å². The molecule has 0 bridgehead atoms. The summed E-state index contributed by atoms with van der Waals surface area (Å²) in [7, 11) is 1.26. The summed E-state index contributed by atoms with van der Waals surface area (Å²) < 4.78 is 9.76. The smallest absolute Gasteiger partial charge is 0.338 e. The first-order chi connectivity index (χ1) is 7.54. The lowest BCUT2D eigenvalue weighted by molar-refractivity contribution is -0.159. The molecule has 0 aliphatic heterocycles. The van der Waals surface area contributed by atoms with Crippen LogP contribution in [0.1, 0.15) is 26.7 Å². The zero-order valence-corrected chi connectivity index (χ0v) is 10.4. The fourth-order valence-corrected chi connectivity index (χ4v) is 1.17. The summed E-state index contributed by atoms with van der Waals surface area (Å²) in [6.07, 6.45) is 1.88. The molecule has 0 saturated carbocycles. The number of aliphatic hydroxyl groups is 1. The second-order valence-corrected chi connectivity index (χ2v) is 3.91. The van der Waals surface area contributed by atoms with Gasteiger partial charge in [-0.25, -0.2) is 4.79 Å². The van der Waals surface area contributed by atoms with Gasteiger partial charge >= 0.3 is 5.97 Å². The highest BCUT2D eigenvalue weighted by atomic mass is 16.5. The number of carbonyl (C=O) groups excluding carboxylic acids is 1. The Morgan fingerprint density at radius 1 is 1.44 bits per heavy atom. The van der Waals surface area contributed by atoms with Gasteiger partial charge in [-0.3, -0.25) is 0 Å². The zero-order chi connectivity index (χ0) is 12.4. The first kappa shape index (κ1) is 15.3. The van der Waals surface area contributed by atoms with E-state index in [1.165, 1.54) is 14.0 Å². The maximum atomic E-state index is 11.1. The Labute approximate surface area is 97.1 Å². The number of ether oxygens (including phenoxy) is 2. The summed E-state index contributed by atoms with van der Waals surface area (Å²) in [6, 6.07) is 0. The van der Waals surface area contributed by atoms with Crippen LogP contribution in [0.2, 0.25) is 0 Å². The Kier molecular flexibility index (Phi) is 8.15. The van der Waals surface area contributed by atoms with Crippen LogP contribution in [0, 0.1) is 0 Å². The molecule has 0 radical (unpaired) electrons. The first-order valence-corrected chi connectivity index (χ1v) is 5.64. The van der Waals surface area contributed by atoms with Gasteiger partial charge in [-0.05, 0) is 26.3 Å². The lowest BCUT2D eigenvalue weighted by atomic mass is 10.1. The molecule has 0 aromatic rings. The third-order valence-electron chi connectivity index (χ3n) is 2.09. The first-order valence-electron chi connectivity index (χ1n) is 5.64. The maximum absolute atomic E-state index is 11.1. The quantitative estimate of drug-likeness (QED) is 0.443. The molecule has 16 heavy (non-hydrogen) atoms. The Balaban J connectivity index is 3.47. The summed E-state index contributed by atoms with van der Waals surface area (Å²) in [4.78, 5) is 11.1. The maximum Gasteiger partial charge on any atom is 0.338 e. The van der Waals surface area contributed by atoms with Gasteiger partial charge in [0.25, 0.3) is 0 Å². The monoisotopic (exact) mass is 233 g/mol. The van der Waals surface area contributed by atoms with Crippen LogP contribution in [0.4, 0.5) is 0 Å². The predicted molar refractivity (Wildman–Crippen MR) is 61.2 cm³/mol. The van der Waals surface area contributed by atoms with Crippen LogP contribution in [0.3, 0.4) is 0 Å². The molecule has 5 nitrogen and oxygen atoms in total. The van der Waals surface area contributed by atoms with Crippen molar-refractivity contribution in [2.75, 3.05) is 33.4 Å². The molecule has 1 unspecified atom stereocenters. The van der Waals surface area contributed by atoms with Gasteiger partial charge in [-0.2, -0.15) is 0 Å². The summed E-state index contributed by atoms with van der Waals surface area (Å²) >= 11 is 0. The Morgan fingerprint density at radius 3 is 2.69 bits per heavy atom. The van der Waals surface area contributed by atoms with E-state index in [2.05, 4.69) is 17.0 Å². The normalized spacial score (nSPS) is 14.5. The summed E-state index contributed by atoms with van der Waals surface area (Å²) in [5, 5.41) is 12.6. The van der Waals surface area contributed by atoms with Crippen molar-refractivity contribution in [3.8, 4) is 0 Å². The lowest BCUT2D eigenvalue weighted by Crippen LogP contribution is -2.45. The van der Waals surface area contributed by atoms with Crippen LogP contribution in [-0.2, 0) is 14.3 Å². The van der Waals surface area contributed by atoms with E-state index in [1.807, 2.05) is 0 Å². The average molecular weight is 233 g/mol. The minimum Gasteiger partial charge on any atom is -0.467 e. The van der Waals surface area contributed by atoms with Crippen molar-refractivity contribution in [3.63, 3.8) is 0 Å². The van der Waals surface area contributed by atoms with Crippen molar-refractivity contribution in [2.24, 2.45) is 0 Å². The largest absolute Gasteiger partial charge is 0.467 e. The molecule has 0 heterocycles. The molecular weight excluding hydrogens is 210 g/mol. The number of methoxy groups -OCH3 is 1. The van der Waals surface area contributed by atoms with Gasteiger partial charge in [0.15, 0.2) is 5.60 Å². The molecule has 0 spiro atoms. The van der Waals surface area contributed by atoms with Gasteiger partial charge in [0.05, 0.1) is 7.11 Å². The molecule has 0 saturated heterocycles. The molecule has 0 rings (SSSR count). The number of hydrogen-bond acceptors (Lipinski definition) is 5. The number of esters is 1. The summed E-state index contributed by atoms with van der Waals surface area (Å²) in [6.45, 7) is 5.86. The Morgan fingerprint density at radius 2 is 2.12 bits per heavy atom. The number of carbonyl (C=O) groups is 1. The third kappa shape index (κ3) is 6.76. The van der Waals surface area contributed by atoms with E-state index >= 15 is 0 Å². The SMILES string of the molecule is CCCOCCCNCC(C)(O)C(=O)OC. The molecule has 0 aliphatic carbocycles. The van der Waals surface area contributed by atoms with Gasteiger partial charge in [0.1, 0.15) is 0 Å². The second kappa shape index (κ2) is 8.50. The number of nitrogens with one attached hydrogen (secondary N) is 1. The number of rotatable bonds is 9. The Bertz CT molecular complexity index is 194. The lowest BCUT2D eigenvalue weighted by Gasteiger charge is -2.20. The molecule has 0 amide bonds. The number of hydrogen-bond donors (Lipinski definition) is 2. The predicted octanol–water partition coefficient (Wildman–Crippen LogP) is 0.317. The highest BCUT2D eigenvalue weighted by Crippen LogP contribution is 2.03. The van der Waals surface area contributed by atoms with Crippen molar-refractivity contribution in [3.05, 3.63) is 0 Å². The van der Waals surface area contributed by atoms with Gasteiger partial charge in [-0.15, -0.1) is 0 Å². The second-order valence-electron chi connectivity index (χ2n) is 3.91. The van der Waals surface area contributed by atoms with Crippen molar-refractivity contribution < 1.29 is 19.4 Å². The summed E-state index contributed by atoms with van der Waals surface area (Å²) in [5.41, 5.74) is -1.46. The molecule has 0 aliphatic rings. The van der Waals surface area contributed by atoms with Crippen LogP contribution in [0.5, 0.6) is 0 Å². The van der Waals surface area contributed by atoms with Crippen molar-refractivity contribution in [2.45, 2.75) is 32.3 Å². The van der Waals surface area contributed by atoms with Crippen molar-refractivity contribution in [1.29, 1.82) is 0 Å². The molecule has 2 N–H and O–H groups in total. The molecule has 0 aromatic heterocycles. The Hall–Kier alpha value is -0.650. The van der Waals surface area contributed by atoms with E-state index in [0.29, 0.717) is 13.2 Å². The minimum atomic E-state index is -1.46.